The zero-order valence-electron chi connectivity index (χ0n) is 8.96. The van der Waals surface area contributed by atoms with E-state index in [-0.39, 0.29) is 12.6 Å². The average molecular weight is 193 g/mol. The van der Waals surface area contributed by atoms with E-state index in [1.54, 1.807) is 0 Å². The van der Waals surface area contributed by atoms with E-state index in [0.29, 0.717) is 0 Å². The van der Waals surface area contributed by atoms with Gasteiger partial charge in [0.1, 0.15) is 0 Å². The molecule has 0 heterocycles. The van der Waals surface area contributed by atoms with E-state index in [2.05, 4.69) is 31.3 Å². The fourth-order valence-electron chi connectivity index (χ4n) is 1.44. The van der Waals surface area contributed by atoms with E-state index >= 15 is 0 Å². The maximum absolute atomic E-state index is 9.11. The fourth-order valence-corrected chi connectivity index (χ4v) is 1.44. The Bertz CT molecular complexity index is 256. The number of rotatable bonds is 5. The Morgan fingerprint density at radius 1 is 1.29 bits per heavy atom. The molecule has 0 spiro atoms. The van der Waals surface area contributed by atoms with Crippen molar-refractivity contribution < 1.29 is 5.11 Å². The third-order valence-corrected chi connectivity index (χ3v) is 2.28. The molecular weight excluding hydrogens is 174 g/mol. The summed E-state index contributed by atoms with van der Waals surface area (Å²) >= 11 is 0. The van der Waals surface area contributed by atoms with Crippen LogP contribution in [0.3, 0.4) is 0 Å². The van der Waals surface area contributed by atoms with Crippen LogP contribution in [0.15, 0.2) is 24.3 Å². The molecule has 2 N–H and O–H groups in total. The SMILES string of the molecule is CCCC(CO)Nc1ccc(C)cc1. The highest BCUT2D eigenvalue weighted by Gasteiger charge is 2.04. The monoisotopic (exact) mass is 193 g/mol. The molecule has 0 saturated carbocycles. The van der Waals surface area contributed by atoms with Crippen LogP contribution in [0.1, 0.15) is 25.3 Å². The van der Waals surface area contributed by atoms with Crippen molar-refractivity contribution in [2.75, 3.05) is 11.9 Å². The highest BCUT2D eigenvalue weighted by atomic mass is 16.3. The highest BCUT2D eigenvalue weighted by molar-refractivity contribution is 5.45. The molecule has 0 aromatic heterocycles. The van der Waals surface area contributed by atoms with Gasteiger partial charge in [-0.3, -0.25) is 0 Å². The van der Waals surface area contributed by atoms with Crippen molar-refractivity contribution in [2.24, 2.45) is 0 Å². The maximum Gasteiger partial charge on any atom is 0.0632 e. The Labute approximate surface area is 86.0 Å². The molecule has 0 aliphatic heterocycles. The average Bonchev–Trinajstić information content (AvgIpc) is 2.20. The second-order valence-electron chi connectivity index (χ2n) is 3.68. The summed E-state index contributed by atoms with van der Waals surface area (Å²) in [5.74, 6) is 0. The maximum atomic E-state index is 9.11. The second kappa shape index (κ2) is 5.66. The van der Waals surface area contributed by atoms with Crippen LogP contribution in [0.4, 0.5) is 5.69 Å². The van der Waals surface area contributed by atoms with Crippen LogP contribution in [-0.2, 0) is 0 Å². The lowest BCUT2D eigenvalue weighted by molar-refractivity contribution is 0.268. The molecule has 0 radical (unpaired) electrons. The topological polar surface area (TPSA) is 32.3 Å². The van der Waals surface area contributed by atoms with Crippen LogP contribution in [0.2, 0.25) is 0 Å². The zero-order valence-corrected chi connectivity index (χ0v) is 8.96. The van der Waals surface area contributed by atoms with Crippen LogP contribution >= 0.6 is 0 Å². The number of anilines is 1. The molecule has 0 aliphatic carbocycles. The molecule has 2 nitrogen and oxygen atoms in total. The Morgan fingerprint density at radius 3 is 2.43 bits per heavy atom. The molecule has 1 unspecified atom stereocenters. The third kappa shape index (κ3) is 3.38. The minimum atomic E-state index is 0.183. The first-order chi connectivity index (χ1) is 6.76. The molecule has 1 atom stereocenters. The standard InChI is InChI=1S/C12H19NO/c1-3-4-12(9-14)13-11-7-5-10(2)6-8-11/h5-8,12-14H,3-4,9H2,1-2H3. The molecule has 0 bridgehead atoms. The number of hydrogen-bond acceptors (Lipinski definition) is 2. The molecule has 0 fully saturated rings. The molecule has 0 aliphatic rings. The summed E-state index contributed by atoms with van der Waals surface area (Å²) in [6.45, 7) is 4.39. The predicted octanol–water partition coefficient (Wildman–Crippen LogP) is 2.57. The van der Waals surface area contributed by atoms with Gasteiger partial charge >= 0.3 is 0 Å². The van der Waals surface area contributed by atoms with Crippen molar-refractivity contribution in [3.8, 4) is 0 Å². The molecule has 0 saturated heterocycles. The second-order valence-corrected chi connectivity index (χ2v) is 3.68. The molecule has 1 aromatic carbocycles. The minimum Gasteiger partial charge on any atom is -0.394 e. The van der Waals surface area contributed by atoms with Crippen molar-refractivity contribution >= 4 is 5.69 Å². The predicted molar refractivity (Wildman–Crippen MR) is 60.6 cm³/mol. The van der Waals surface area contributed by atoms with E-state index in [1.807, 2.05) is 12.1 Å². The van der Waals surface area contributed by atoms with Gasteiger partial charge in [0.15, 0.2) is 0 Å². The first-order valence-electron chi connectivity index (χ1n) is 5.20. The van der Waals surface area contributed by atoms with Crippen molar-refractivity contribution in [1.82, 2.24) is 0 Å². The molecule has 1 rings (SSSR count). The summed E-state index contributed by atoms with van der Waals surface area (Å²) in [7, 11) is 0. The van der Waals surface area contributed by atoms with E-state index in [4.69, 9.17) is 5.11 Å². The zero-order chi connectivity index (χ0) is 10.4. The van der Waals surface area contributed by atoms with Gasteiger partial charge < -0.3 is 10.4 Å². The summed E-state index contributed by atoms with van der Waals surface area (Å²) in [4.78, 5) is 0. The van der Waals surface area contributed by atoms with Crippen molar-refractivity contribution in [1.29, 1.82) is 0 Å². The van der Waals surface area contributed by atoms with Gasteiger partial charge in [0.05, 0.1) is 6.61 Å². The fraction of sp³-hybridized carbons (Fsp3) is 0.500. The summed E-state index contributed by atoms with van der Waals surface area (Å²) < 4.78 is 0. The summed E-state index contributed by atoms with van der Waals surface area (Å²) in [6, 6.07) is 8.43. The Kier molecular flexibility index (Phi) is 4.47. The highest BCUT2D eigenvalue weighted by Crippen LogP contribution is 2.11. The number of aryl methyl sites for hydroxylation is 1. The number of nitrogens with one attached hydrogen (secondary N) is 1. The van der Waals surface area contributed by atoms with Crippen molar-refractivity contribution in [3.63, 3.8) is 0 Å². The van der Waals surface area contributed by atoms with Gasteiger partial charge in [0, 0.05) is 11.7 Å². The minimum absolute atomic E-state index is 0.183. The number of aliphatic hydroxyl groups is 1. The van der Waals surface area contributed by atoms with Gasteiger partial charge in [-0.1, -0.05) is 31.0 Å². The van der Waals surface area contributed by atoms with E-state index in [9.17, 15) is 0 Å². The van der Waals surface area contributed by atoms with Gasteiger partial charge in [-0.2, -0.15) is 0 Å². The molecule has 2 heteroatoms. The summed E-state index contributed by atoms with van der Waals surface area (Å²) in [6.07, 6.45) is 2.09. The molecule has 78 valence electrons. The lowest BCUT2D eigenvalue weighted by atomic mass is 10.1. The number of aliphatic hydroxyl groups excluding tert-OH is 1. The molecule has 1 aromatic rings. The summed E-state index contributed by atoms with van der Waals surface area (Å²) in [5.41, 5.74) is 2.34. The first-order valence-corrected chi connectivity index (χ1v) is 5.20. The summed E-state index contributed by atoms with van der Waals surface area (Å²) in [5, 5.41) is 12.4. The van der Waals surface area contributed by atoms with Crippen molar-refractivity contribution in [3.05, 3.63) is 29.8 Å². The molecule has 0 amide bonds. The number of benzene rings is 1. The lowest BCUT2D eigenvalue weighted by Gasteiger charge is -2.16. The van der Waals surface area contributed by atoms with E-state index in [0.717, 1.165) is 18.5 Å². The smallest absolute Gasteiger partial charge is 0.0632 e. The van der Waals surface area contributed by atoms with Gasteiger partial charge in [-0.05, 0) is 25.5 Å². The largest absolute Gasteiger partial charge is 0.394 e. The first kappa shape index (κ1) is 11.1. The normalized spacial score (nSPS) is 12.5. The van der Waals surface area contributed by atoms with Gasteiger partial charge in [-0.25, -0.2) is 0 Å². The van der Waals surface area contributed by atoms with Gasteiger partial charge in [-0.15, -0.1) is 0 Å². The van der Waals surface area contributed by atoms with Crippen LogP contribution in [0.25, 0.3) is 0 Å². The molecular formula is C12H19NO. The third-order valence-electron chi connectivity index (χ3n) is 2.28. The van der Waals surface area contributed by atoms with Gasteiger partial charge in [0.2, 0.25) is 0 Å². The van der Waals surface area contributed by atoms with Crippen LogP contribution in [0, 0.1) is 6.92 Å². The lowest BCUT2D eigenvalue weighted by Crippen LogP contribution is -2.23. The quantitative estimate of drug-likeness (QED) is 0.753. The Hall–Kier alpha value is -1.02. The van der Waals surface area contributed by atoms with Crippen LogP contribution in [-0.4, -0.2) is 17.8 Å². The van der Waals surface area contributed by atoms with Crippen LogP contribution < -0.4 is 5.32 Å². The Morgan fingerprint density at radius 2 is 1.93 bits per heavy atom. The van der Waals surface area contributed by atoms with Crippen molar-refractivity contribution in [2.45, 2.75) is 32.7 Å². The Balaban J connectivity index is 2.53. The van der Waals surface area contributed by atoms with Gasteiger partial charge in [0.25, 0.3) is 0 Å². The van der Waals surface area contributed by atoms with E-state index < -0.39 is 0 Å². The number of hydrogen-bond donors (Lipinski definition) is 2. The molecule has 14 heavy (non-hydrogen) atoms. The van der Waals surface area contributed by atoms with E-state index in [1.165, 1.54) is 5.56 Å². The van der Waals surface area contributed by atoms with Crippen LogP contribution in [0.5, 0.6) is 0 Å².